The van der Waals surface area contributed by atoms with Crippen LogP contribution < -0.4 is 0 Å². The molecule has 0 aliphatic rings. The van der Waals surface area contributed by atoms with Gasteiger partial charge in [0, 0.05) is 18.8 Å². The Hall–Kier alpha value is -0.930. The first kappa shape index (κ1) is 8.07. The number of hydrogen-bond acceptors (Lipinski definition) is 3. The number of hydrogen-bond donors (Lipinski definition) is 0. The molecule has 0 amide bonds. The molecule has 0 heterocycles. The van der Waals surface area contributed by atoms with Crippen LogP contribution in [0.2, 0.25) is 0 Å². The summed E-state index contributed by atoms with van der Waals surface area (Å²) in [5.41, 5.74) is -1.15. The zero-order valence-corrected chi connectivity index (χ0v) is 5.38. The molecule has 0 aromatic carbocycles. The van der Waals surface area contributed by atoms with E-state index in [1.807, 2.05) is 0 Å². The first-order valence-corrected chi connectivity index (χ1v) is 2.50. The zero-order chi connectivity index (χ0) is 7.49. The summed E-state index contributed by atoms with van der Waals surface area (Å²) in [4.78, 5) is 19.2. The Morgan fingerprint density at radius 2 is 2.11 bits per heavy atom. The molecule has 0 spiro atoms. The van der Waals surface area contributed by atoms with E-state index in [1.54, 1.807) is 0 Å². The van der Waals surface area contributed by atoms with E-state index in [9.17, 15) is 14.9 Å². The van der Waals surface area contributed by atoms with Gasteiger partial charge >= 0.3 is 0 Å². The topological polar surface area (TPSA) is 60.2 Å². The maximum atomic E-state index is 10.0. The molecule has 4 nitrogen and oxygen atoms in total. The fourth-order valence-corrected chi connectivity index (χ4v) is 0.241. The molecular formula is C5H8NO3. The third-order valence-electron chi connectivity index (χ3n) is 0.999. The van der Waals surface area contributed by atoms with Gasteiger partial charge in [-0.2, -0.15) is 0 Å². The number of nitrogens with zero attached hydrogens (tertiary/aromatic N) is 1. The third-order valence-corrected chi connectivity index (χ3v) is 0.999. The van der Waals surface area contributed by atoms with Crippen LogP contribution in [-0.2, 0) is 4.79 Å². The summed E-state index contributed by atoms with van der Waals surface area (Å²) < 4.78 is 0. The fourth-order valence-electron chi connectivity index (χ4n) is 0.241. The minimum Gasteiger partial charge on any atom is -0.291 e. The Morgan fingerprint density at radius 3 is 2.22 bits per heavy atom. The van der Waals surface area contributed by atoms with E-state index in [0.29, 0.717) is 0 Å². The molecule has 0 N–H and O–H groups in total. The predicted octanol–water partition coefficient (Wildman–Crippen LogP) is 0.541. The van der Waals surface area contributed by atoms with Crippen LogP contribution in [0.1, 0.15) is 20.3 Å². The van der Waals surface area contributed by atoms with Crippen molar-refractivity contribution in [2.45, 2.75) is 25.8 Å². The lowest BCUT2D eigenvalue weighted by Crippen LogP contribution is -2.30. The van der Waals surface area contributed by atoms with Gasteiger partial charge in [0.2, 0.25) is 11.8 Å². The first-order chi connectivity index (χ1) is 4.00. The van der Waals surface area contributed by atoms with Crippen molar-refractivity contribution >= 4 is 6.29 Å². The highest BCUT2D eigenvalue weighted by Gasteiger charge is 2.29. The van der Waals surface area contributed by atoms with Crippen molar-refractivity contribution in [3.63, 3.8) is 0 Å². The smallest absolute Gasteiger partial charge is 0.224 e. The number of nitro groups is 1. The lowest BCUT2D eigenvalue weighted by Gasteiger charge is -2.09. The zero-order valence-electron chi connectivity index (χ0n) is 5.38. The van der Waals surface area contributed by atoms with Gasteiger partial charge in [0.25, 0.3) is 0 Å². The third kappa shape index (κ3) is 2.21. The van der Waals surface area contributed by atoms with Crippen LogP contribution in [-0.4, -0.2) is 16.7 Å². The highest BCUT2D eigenvalue weighted by atomic mass is 16.6. The van der Waals surface area contributed by atoms with Gasteiger partial charge in [-0.1, -0.05) is 0 Å². The van der Waals surface area contributed by atoms with Gasteiger partial charge in [0.1, 0.15) is 0 Å². The van der Waals surface area contributed by atoms with Gasteiger partial charge in [0.05, 0.1) is 6.42 Å². The molecule has 51 valence electrons. The molecule has 0 fully saturated rings. The monoisotopic (exact) mass is 130 g/mol. The van der Waals surface area contributed by atoms with Gasteiger partial charge < -0.3 is 0 Å². The summed E-state index contributed by atoms with van der Waals surface area (Å²) in [5, 5.41) is 10.0. The summed E-state index contributed by atoms with van der Waals surface area (Å²) in [5.74, 6) is 0. The highest BCUT2D eigenvalue weighted by Crippen LogP contribution is 2.09. The molecule has 0 aromatic rings. The minimum absolute atomic E-state index is 0.153. The summed E-state index contributed by atoms with van der Waals surface area (Å²) in [7, 11) is 0. The second kappa shape index (κ2) is 2.57. The second-order valence-electron chi connectivity index (χ2n) is 2.39. The van der Waals surface area contributed by atoms with Crippen LogP contribution in [0.25, 0.3) is 0 Å². The molecular weight excluding hydrogens is 122 g/mol. The van der Waals surface area contributed by atoms with E-state index in [4.69, 9.17) is 0 Å². The van der Waals surface area contributed by atoms with Gasteiger partial charge in [-0.25, -0.2) is 0 Å². The van der Waals surface area contributed by atoms with E-state index in [-0.39, 0.29) is 6.42 Å². The van der Waals surface area contributed by atoms with Crippen LogP contribution >= 0.6 is 0 Å². The lowest BCUT2D eigenvalue weighted by molar-refractivity contribution is -0.558. The van der Waals surface area contributed by atoms with Crippen molar-refractivity contribution < 1.29 is 9.72 Å². The summed E-state index contributed by atoms with van der Waals surface area (Å²) in [6.45, 7) is 2.77. The van der Waals surface area contributed by atoms with Crippen molar-refractivity contribution in [1.29, 1.82) is 0 Å². The minimum atomic E-state index is -1.15. The van der Waals surface area contributed by atoms with Crippen LogP contribution in [0.4, 0.5) is 0 Å². The Bertz CT molecular complexity index is 130. The van der Waals surface area contributed by atoms with Crippen molar-refractivity contribution in [1.82, 2.24) is 0 Å². The Labute approximate surface area is 53.0 Å². The van der Waals surface area contributed by atoms with Crippen molar-refractivity contribution in [2.75, 3.05) is 0 Å². The standard InChI is InChI=1S/C5H8NO3/c1-5(2,3-4-7)6(8)9/h3H2,1-2H3. The van der Waals surface area contributed by atoms with Crippen LogP contribution in [0, 0.1) is 10.1 Å². The van der Waals surface area contributed by atoms with E-state index in [0.717, 1.165) is 0 Å². The maximum absolute atomic E-state index is 10.0. The van der Waals surface area contributed by atoms with Crippen LogP contribution in [0.15, 0.2) is 0 Å². The van der Waals surface area contributed by atoms with E-state index < -0.39 is 10.5 Å². The number of carbonyl (C=O) groups excluding carboxylic acids is 1. The highest BCUT2D eigenvalue weighted by molar-refractivity contribution is 5.51. The maximum Gasteiger partial charge on any atom is 0.224 e. The lowest BCUT2D eigenvalue weighted by atomic mass is 10.0. The van der Waals surface area contributed by atoms with Gasteiger partial charge in [0.15, 0.2) is 0 Å². The molecule has 0 saturated carbocycles. The average Bonchev–Trinajstić information content (AvgIpc) is 1.65. The van der Waals surface area contributed by atoms with E-state index >= 15 is 0 Å². The van der Waals surface area contributed by atoms with E-state index in [1.165, 1.54) is 20.1 Å². The van der Waals surface area contributed by atoms with Gasteiger partial charge in [-0.05, 0) is 0 Å². The Balaban J connectivity index is 4.00. The fraction of sp³-hybridized carbons (Fsp3) is 0.800. The van der Waals surface area contributed by atoms with Crippen LogP contribution in [0.5, 0.6) is 0 Å². The SMILES string of the molecule is CC(C)(C[C]=O)[N+](=O)[O-]. The molecule has 0 atom stereocenters. The molecule has 0 saturated heterocycles. The molecule has 4 heteroatoms. The summed E-state index contributed by atoms with van der Waals surface area (Å²) in [6.07, 6.45) is 1.34. The summed E-state index contributed by atoms with van der Waals surface area (Å²) in [6, 6.07) is 0. The molecule has 0 bridgehead atoms. The molecule has 0 aliphatic heterocycles. The van der Waals surface area contributed by atoms with Crippen molar-refractivity contribution in [3.8, 4) is 0 Å². The average molecular weight is 130 g/mol. The molecule has 9 heavy (non-hydrogen) atoms. The quantitative estimate of drug-likeness (QED) is 0.413. The van der Waals surface area contributed by atoms with Gasteiger partial charge in [-0.3, -0.25) is 14.9 Å². The van der Waals surface area contributed by atoms with Crippen LogP contribution in [0.3, 0.4) is 0 Å². The normalized spacial score (nSPS) is 10.9. The van der Waals surface area contributed by atoms with Gasteiger partial charge in [-0.15, -0.1) is 0 Å². The molecule has 1 radical (unpaired) electrons. The molecule has 0 rings (SSSR count). The Morgan fingerprint density at radius 1 is 1.67 bits per heavy atom. The molecule has 0 aromatic heterocycles. The predicted molar refractivity (Wildman–Crippen MR) is 31.4 cm³/mol. The molecule has 0 unspecified atom stereocenters. The Kier molecular flexibility index (Phi) is 2.30. The second-order valence-corrected chi connectivity index (χ2v) is 2.39. The number of rotatable bonds is 3. The largest absolute Gasteiger partial charge is 0.291 e. The first-order valence-electron chi connectivity index (χ1n) is 2.50. The molecule has 0 aliphatic carbocycles. The summed E-state index contributed by atoms with van der Waals surface area (Å²) >= 11 is 0. The van der Waals surface area contributed by atoms with Crippen molar-refractivity contribution in [2.24, 2.45) is 0 Å². The van der Waals surface area contributed by atoms with Crippen molar-refractivity contribution in [3.05, 3.63) is 10.1 Å². The van der Waals surface area contributed by atoms with E-state index in [2.05, 4.69) is 0 Å².